The number of nitrogens with one attached hydrogen (secondary N) is 1. The fourth-order valence-electron chi connectivity index (χ4n) is 1.36. The third-order valence-electron chi connectivity index (χ3n) is 2.38. The standard InChI is InChI=1S/C10H17F3N2/c1-4-9(7(2)3)15-6-8(5-14)10(11,12)13/h7-9,15H,4,6H2,1-3H3. The van der Waals surface area contributed by atoms with Gasteiger partial charge in [0.15, 0.2) is 5.92 Å². The molecule has 0 heterocycles. The number of nitriles is 1. The molecule has 0 rings (SSSR count). The van der Waals surface area contributed by atoms with Gasteiger partial charge in [0.2, 0.25) is 0 Å². The maximum Gasteiger partial charge on any atom is 0.405 e. The third kappa shape index (κ3) is 5.03. The molecule has 0 aliphatic heterocycles. The molecular formula is C10H17F3N2. The van der Waals surface area contributed by atoms with Gasteiger partial charge in [0.05, 0.1) is 6.07 Å². The molecule has 0 amide bonds. The maximum absolute atomic E-state index is 12.2. The van der Waals surface area contributed by atoms with Gasteiger partial charge in [0.25, 0.3) is 0 Å². The van der Waals surface area contributed by atoms with Crippen LogP contribution >= 0.6 is 0 Å². The first-order valence-electron chi connectivity index (χ1n) is 5.02. The van der Waals surface area contributed by atoms with Gasteiger partial charge >= 0.3 is 6.18 Å². The lowest BCUT2D eigenvalue weighted by molar-refractivity contribution is -0.158. The van der Waals surface area contributed by atoms with Crippen LogP contribution in [0.2, 0.25) is 0 Å². The molecule has 0 spiro atoms. The number of nitrogens with zero attached hydrogens (tertiary/aromatic N) is 1. The third-order valence-corrected chi connectivity index (χ3v) is 2.38. The van der Waals surface area contributed by atoms with Crippen molar-refractivity contribution >= 4 is 0 Å². The Hall–Kier alpha value is -0.760. The summed E-state index contributed by atoms with van der Waals surface area (Å²) in [6, 6.07) is 1.30. The predicted octanol–water partition coefficient (Wildman–Crippen LogP) is 2.71. The van der Waals surface area contributed by atoms with Crippen LogP contribution in [0.3, 0.4) is 0 Å². The van der Waals surface area contributed by atoms with Crippen LogP contribution in [0.15, 0.2) is 0 Å². The highest BCUT2D eigenvalue weighted by molar-refractivity contribution is 4.90. The average Bonchev–Trinajstić information content (AvgIpc) is 2.09. The summed E-state index contributed by atoms with van der Waals surface area (Å²) in [6.07, 6.45) is -3.68. The highest BCUT2D eigenvalue weighted by atomic mass is 19.4. The molecule has 1 N–H and O–H groups in total. The van der Waals surface area contributed by atoms with E-state index in [0.717, 1.165) is 6.42 Å². The summed E-state index contributed by atoms with van der Waals surface area (Å²) < 4.78 is 36.6. The summed E-state index contributed by atoms with van der Waals surface area (Å²) in [7, 11) is 0. The molecular weight excluding hydrogens is 205 g/mol. The Morgan fingerprint density at radius 3 is 2.13 bits per heavy atom. The van der Waals surface area contributed by atoms with Gasteiger partial charge in [-0.2, -0.15) is 18.4 Å². The molecule has 0 bridgehead atoms. The molecule has 0 saturated heterocycles. The van der Waals surface area contributed by atoms with E-state index in [1.165, 1.54) is 6.07 Å². The largest absolute Gasteiger partial charge is 0.405 e. The molecule has 0 aliphatic carbocycles. The van der Waals surface area contributed by atoms with Gasteiger partial charge in [-0.05, 0) is 12.3 Å². The van der Waals surface area contributed by atoms with Crippen molar-refractivity contribution in [1.29, 1.82) is 5.26 Å². The van der Waals surface area contributed by atoms with Gasteiger partial charge in [-0.1, -0.05) is 20.8 Å². The lowest BCUT2D eigenvalue weighted by Crippen LogP contribution is -2.40. The summed E-state index contributed by atoms with van der Waals surface area (Å²) in [4.78, 5) is 0. The van der Waals surface area contributed by atoms with E-state index in [9.17, 15) is 13.2 Å². The zero-order valence-electron chi connectivity index (χ0n) is 9.23. The minimum absolute atomic E-state index is 0.0307. The number of halogens is 3. The van der Waals surface area contributed by atoms with Crippen LogP contribution in [0.25, 0.3) is 0 Å². The van der Waals surface area contributed by atoms with Crippen LogP contribution < -0.4 is 5.32 Å². The fraction of sp³-hybridized carbons (Fsp3) is 0.900. The Balaban J connectivity index is 4.18. The highest BCUT2D eigenvalue weighted by Crippen LogP contribution is 2.25. The normalized spacial score (nSPS) is 16.1. The van der Waals surface area contributed by atoms with Crippen molar-refractivity contribution in [3.05, 3.63) is 0 Å². The smallest absolute Gasteiger partial charge is 0.312 e. The van der Waals surface area contributed by atoms with Gasteiger partial charge < -0.3 is 5.32 Å². The summed E-state index contributed by atoms with van der Waals surface area (Å²) in [5, 5.41) is 11.2. The molecule has 2 atom stereocenters. The molecule has 2 unspecified atom stereocenters. The van der Waals surface area contributed by atoms with Gasteiger partial charge in [0.1, 0.15) is 0 Å². The summed E-state index contributed by atoms with van der Waals surface area (Å²) in [5.74, 6) is -1.65. The molecule has 5 heteroatoms. The molecule has 2 nitrogen and oxygen atoms in total. The van der Waals surface area contributed by atoms with Crippen LogP contribution in [-0.4, -0.2) is 18.8 Å². The van der Waals surface area contributed by atoms with E-state index in [0.29, 0.717) is 0 Å². The van der Waals surface area contributed by atoms with Crippen LogP contribution in [0.4, 0.5) is 13.2 Å². The first-order chi connectivity index (χ1) is 6.82. The van der Waals surface area contributed by atoms with Gasteiger partial charge in [-0.25, -0.2) is 0 Å². The average molecular weight is 222 g/mol. The van der Waals surface area contributed by atoms with E-state index < -0.39 is 12.1 Å². The van der Waals surface area contributed by atoms with Crippen molar-refractivity contribution in [2.24, 2.45) is 11.8 Å². The van der Waals surface area contributed by atoms with Crippen molar-refractivity contribution < 1.29 is 13.2 Å². The Bertz CT molecular complexity index is 218. The molecule has 0 aromatic heterocycles. The van der Waals surface area contributed by atoms with E-state index in [-0.39, 0.29) is 18.5 Å². The highest BCUT2D eigenvalue weighted by Gasteiger charge is 2.39. The fourth-order valence-corrected chi connectivity index (χ4v) is 1.36. The second-order valence-corrected chi connectivity index (χ2v) is 3.89. The Morgan fingerprint density at radius 2 is 1.87 bits per heavy atom. The second-order valence-electron chi connectivity index (χ2n) is 3.89. The second kappa shape index (κ2) is 5.96. The molecule has 0 radical (unpaired) electrons. The molecule has 15 heavy (non-hydrogen) atoms. The number of hydrogen-bond acceptors (Lipinski definition) is 2. The minimum Gasteiger partial charge on any atom is -0.312 e. The zero-order chi connectivity index (χ0) is 12.1. The van der Waals surface area contributed by atoms with Crippen LogP contribution in [0.5, 0.6) is 0 Å². The van der Waals surface area contributed by atoms with Crippen LogP contribution in [-0.2, 0) is 0 Å². The van der Waals surface area contributed by atoms with Gasteiger partial charge in [-0.15, -0.1) is 0 Å². The Morgan fingerprint density at radius 1 is 1.33 bits per heavy atom. The van der Waals surface area contributed by atoms with E-state index in [4.69, 9.17) is 5.26 Å². The van der Waals surface area contributed by atoms with Crippen LogP contribution in [0, 0.1) is 23.2 Å². The number of alkyl halides is 3. The SMILES string of the molecule is CCC(NCC(C#N)C(F)(F)F)C(C)C. The van der Waals surface area contributed by atoms with E-state index in [1.54, 1.807) is 0 Å². The van der Waals surface area contributed by atoms with E-state index in [1.807, 2.05) is 20.8 Å². The molecule has 0 aliphatic rings. The topological polar surface area (TPSA) is 35.8 Å². The summed E-state index contributed by atoms with van der Waals surface area (Å²) in [6.45, 7) is 5.47. The minimum atomic E-state index is -4.43. The Labute approximate surface area is 88.5 Å². The van der Waals surface area contributed by atoms with Gasteiger partial charge in [-0.3, -0.25) is 0 Å². The molecule has 0 aromatic rings. The Kier molecular flexibility index (Phi) is 5.66. The molecule has 0 aromatic carbocycles. The monoisotopic (exact) mass is 222 g/mol. The van der Waals surface area contributed by atoms with Crippen molar-refractivity contribution in [2.75, 3.05) is 6.54 Å². The van der Waals surface area contributed by atoms with Crippen molar-refractivity contribution in [3.63, 3.8) is 0 Å². The number of rotatable bonds is 5. The van der Waals surface area contributed by atoms with Gasteiger partial charge in [0, 0.05) is 12.6 Å². The molecule has 0 fully saturated rings. The van der Waals surface area contributed by atoms with E-state index >= 15 is 0 Å². The van der Waals surface area contributed by atoms with Crippen molar-refractivity contribution in [3.8, 4) is 6.07 Å². The maximum atomic E-state index is 12.2. The quantitative estimate of drug-likeness (QED) is 0.776. The lowest BCUT2D eigenvalue weighted by Gasteiger charge is -2.23. The predicted molar refractivity (Wildman–Crippen MR) is 52.1 cm³/mol. The summed E-state index contributed by atoms with van der Waals surface area (Å²) in [5.41, 5.74) is 0. The van der Waals surface area contributed by atoms with Crippen molar-refractivity contribution in [1.82, 2.24) is 5.32 Å². The number of hydrogen-bond donors (Lipinski definition) is 1. The zero-order valence-corrected chi connectivity index (χ0v) is 9.23. The molecule has 0 saturated carbocycles. The van der Waals surface area contributed by atoms with E-state index in [2.05, 4.69) is 5.32 Å². The van der Waals surface area contributed by atoms with Crippen molar-refractivity contribution in [2.45, 2.75) is 39.4 Å². The first-order valence-corrected chi connectivity index (χ1v) is 5.02. The lowest BCUT2D eigenvalue weighted by atomic mass is 10.0. The summed E-state index contributed by atoms with van der Waals surface area (Å²) >= 11 is 0. The van der Waals surface area contributed by atoms with Crippen LogP contribution in [0.1, 0.15) is 27.2 Å². The first kappa shape index (κ1) is 14.2. The molecule has 88 valence electrons.